The van der Waals surface area contributed by atoms with Gasteiger partial charge >= 0.3 is 5.97 Å². The molecule has 2 atom stereocenters. The highest BCUT2D eigenvalue weighted by molar-refractivity contribution is 5.83. The largest absolute Gasteiger partial charge is 0.480 e. The smallest absolute Gasteiger partial charge is 0.326 e. The van der Waals surface area contributed by atoms with Crippen molar-refractivity contribution in [1.82, 2.24) is 5.32 Å². The molecule has 0 rings (SSSR count). The average molecular weight is 258 g/mol. The molecule has 4 N–H and O–H groups in total. The van der Waals surface area contributed by atoms with E-state index >= 15 is 0 Å². The Morgan fingerprint density at radius 3 is 2.28 bits per heavy atom. The zero-order valence-corrected chi connectivity index (χ0v) is 11.6. The third-order valence-corrected chi connectivity index (χ3v) is 2.86. The number of carbonyl (C=O) groups is 2. The maximum absolute atomic E-state index is 11.6. The van der Waals surface area contributed by atoms with E-state index in [0.717, 1.165) is 12.8 Å². The van der Waals surface area contributed by atoms with Crippen molar-refractivity contribution in [1.29, 1.82) is 0 Å². The van der Waals surface area contributed by atoms with Gasteiger partial charge in [-0.2, -0.15) is 0 Å². The lowest BCUT2D eigenvalue weighted by atomic mass is 10.0. The molecule has 5 heteroatoms. The summed E-state index contributed by atoms with van der Waals surface area (Å²) < 4.78 is 0. The van der Waals surface area contributed by atoms with Crippen molar-refractivity contribution in [3.05, 3.63) is 0 Å². The topological polar surface area (TPSA) is 92.4 Å². The molecule has 0 aromatic heterocycles. The minimum absolute atomic E-state index is 0.188. The molecule has 0 heterocycles. The molecule has 0 radical (unpaired) electrons. The van der Waals surface area contributed by atoms with E-state index in [9.17, 15) is 9.59 Å². The Morgan fingerprint density at radius 2 is 1.83 bits per heavy atom. The zero-order valence-electron chi connectivity index (χ0n) is 11.6. The Balaban J connectivity index is 4.06. The first-order chi connectivity index (χ1) is 8.36. The van der Waals surface area contributed by atoms with Gasteiger partial charge in [0.05, 0.1) is 0 Å². The number of aliphatic carboxylic acids is 1. The van der Waals surface area contributed by atoms with Crippen LogP contribution in [0, 0.1) is 11.8 Å². The summed E-state index contributed by atoms with van der Waals surface area (Å²) in [4.78, 5) is 22.6. The van der Waals surface area contributed by atoms with Gasteiger partial charge in [0, 0.05) is 6.42 Å². The van der Waals surface area contributed by atoms with Gasteiger partial charge in [0.1, 0.15) is 6.04 Å². The van der Waals surface area contributed by atoms with Crippen molar-refractivity contribution in [2.24, 2.45) is 17.6 Å². The van der Waals surface area contributed by atoms with E-state index in [1.807, 2.05) is 20.8 Å². The minimum Gasteiger partial charge on any atom is -0.480 e. The van der Waals surface area contributed by atoms with E-state index in [1.165, 1.54) is 0 Å². The van der Waals surface area contributed by atoms with Crippen molar-refractivity contribution in [2.45, 2.75) is 52.5 Å². The third-order valence-electron chi connectivity index (χ3n) is 2.86. The van der Waals surface area contributed by atoms with Gasteiger partial charge in [0.25, 0.3) is 0 Å². The molecular weight excluding hydrogens is 232 g/mol. The van der Waals surface area contributed by atoms with Gasteiger partial charge in [0.15, 0.2) is 0 Å². The van der Waals surface area contributed by atoms with Crippen LogP contribution in [0.15, 0.2) is 0 Å². The molecule has 0 spiro atoms. The number of carbonyl (C=O) groups excluding carboxylic acids is 1. The van der Waals surface area contributed by atoms with E-state index in [2.05, 4.69) is 5.32 Å². The molecule has 0 aromatic rings. The number of rotatable bonds is 9. The summed E-state index contributed by atoms with van der Waals surface area (Å²) in [7, 11) is 0. The van der Waals surface area contributed by atoms with Crippen LogP contribution in [0.5, 0.6) is 0 Å². The van der Waals surface area contributed by atoms with Crippen LogP contribution in [0.3, 0.4) is 0 Å². The molecule has 0 aromatic carbocycles. The lowest BCUT2D eigenvalue weighted by Crippen LogP contribution is -2.41. The first-order valence-electron chi connectivity index (χ1n) is 6.59. The van der Waals surface area contributed by atoms with Crippen LogP contribution < -0.4 is 11.1 Å². The predicted octanol–water partition coefficient (Wildman–Crippen LogP) is 1.37. The minimum atomic E-state index is -0.966. The fourth-order valence-corrected chi connectivity index (χ4v) is 1.77. The Kier molecular flexibility index (Phi) is 8.37. The maximum atomic E-state index is 11.6. The molecule has 0 aliphatic carbocycles. The fourth-order valence-electron chi connectivity index (χ4n) is 1.77. The Bertz CT molecular complexity index is 267. The second kappa shape index (κ2) is 8.91. The fraction of sp³-hybridized carbons (Fsp3) is 0.846. The summed E-state index contributed by atoms with van der Waals surface area (Å²) in [5, 5.41) is 11.6. The Hall–Kier alpha value is -1.10. The van der Waals surface area contributed by atoms with E-state index < -0.39 is 12.0 Å². The maximum Gasteiger partial charge on any atom is 0.326 e. The van der Waals surface area contributed by atoms with Crippen LogP contribution in [0.1, 0.15) is 46.5 Å². The second-order valence-corrected chi connectivity index (χ2v) is 5.31. The SMILES string of the molecule is CC(C)C[C@H](NC(=O)CCC(C)CCN)C(=O)O. The molecule has 1 unspecified atom stereocenters. The van der Waals surface area contributed by atoms with Gasteiger partial charge in [-0.15, -0.1) is 0 Å². The highest BCUT2D eigenvalue weighted by Crippen LogP contribution is 2.10. The van der Waals surface area contributed by atoms with Crippen molar-refractivity contribution in [3.63, 3.8) is 0 Å². The zero-order chi connectivity index (χ0) is 14.1. The van der Waals surface area contributed by atoms with Crippen LogP contribution in [0.2, 0.25) is 0 Å². The number of nitrogens with one attached hydrogen (secondary N) is 1. The standard InChI is InChI=1S/C13H26N2O3/c1-9(2)8-11(13(17)18)15-12(16)5-4-10(3)6-7-14/h9-11H,4-8,14H2,1-3H3,(H,15,16)(H,17,18)/t10?,11-/m0/s1. The predicted molar refractivity (Wildman–Crippen MR) is 71.1 cm³/mol. The normalized spacial score (nSPS) is 14.3. The van der Waals surface area contributed by atoms with Gasteiger partial charge in [0.2, 0.25) is 5.91 Å². The van der Waals surface area contributed by atoms with Crippen LogP contribution in [0.25, 0.3) is 0 Å². The van der Waals surface area contributed by atoms with Crippen molar-refractivity contribution in [3.8, 4) is 0 Å². The summed E-state index contributed by atoms with van der Waals surface area (Å²) in [6.07, 6.45) is 2.46. The number of nitrogens with two attached hydrogens (primary N) is 1. The Labute approximate surface area is 109 Å². The number of hydrogen-bond acceptors (Lipinski definition) is 3. The summed E-state index contributed by atoms with van der Waals surface area (Å²) in [6.45, 7) is 6.54. The average Bonchev–Trinajstić information content (AvgIpc) is 2.25. The molecule has 1 amide bonds. The van der Waals surface area contributed by atoms with Crippen LogP contribution in [-0.2, 0) is 9.59 Å². The number of carboxylic acid groups (broad SMARTS) is 1. The molecule has 0 bridgehead atoms. The molecule has 0 saturated heterocycles. The quantitative estimate of drug-likeness (QED) is 0.582. The van der Waals surface area contributed by atoms with Crippen molar-refractivity contribution < 1.29 is 14.7 Å². The molecule has 0 aliphatic heterocycles. The van der Waals surface area contributed by atoms with Crippen LogP contribution >= 0.6 is 0 Å². The van der Waals surface area contributed by atoms with Crippen LogP contribution in [-0.4, -0.2) is 29.6 Å². The monoisotopic (exact) mass is 258 g/mol. The lowest BCUT2D eigenvalue weighted by molar-refractivity contribution is -0.142. The van der Waals surface area contributed by atoms with E-state index in [-0.39, 0.29) is 11.8 Å². The van der Waals surface area contributed by atoms with Gasteiger partial charge in [-0.1, -0.05) is 20.8 Å². The molecule has 0 aliphatic rings. The van der Waals surface area contributed by atoms with E-state index in [1.54, 1.807) is 0 Å². The molecule has 5 nitrogen and oxygen atoms in total. The molecule has 106 valence electrons. The molecule has 0 saturated carbocycles. The lowest BCUT2D eigenvalue weighted by Gasteiger charge is -2.17. The number of hydrogen-bond donors (Lipinski definition) is 3. The first-order valence-corrected chi connectivity index (χ1v) is 6.59. The second-order valence-electron chi connectivity index (χ2n) is 5.31. The summed E-state index contributed by atoms with van der Waals surface area (Å²) >= 11 is 0. The van der Waals surface area contributed by atoms with Gasteiger partial charge in [-0.25, -0.2) is 4.79 Å². The van der Waals surface area contributed by atoms with E-state index in [4.69, 9.17) is 10.8 Å². The van der Waals surface area contributed by atoms with Gasteiger partial charge in [-0.05, 0) is 37.6 Å². The van der Waals surface area contributed by atoms with E-state index in [0.29, 0.717) is 25.3 Å². The molecule has 18 heavy (non-hydrogen) atoms. The van der Waals surface area contributed by atoms with Crippen LogP contribution in [0.4, 0.5) is 0 Å². The third kappa shape index (κ3) is 8.06. The number of carboxylic acids is 1. The van der Waals surface area contributed by atoms with Gasteiger partial charge < -0.3 is 16.2 Å². The van der Waals surface area contributed by atoms with Gasteiger partial charge in [-0.3, -0.25) is 4.79 Å². The summed E-state index contributed by atoms with van der Waals surface area (Å²) in [6, 6.07) is -0.776. The summed E-state index contributed by atoms with van der Waals surface area (Å²) in [5.41, 5.74) is 5.43. The highest BCUT2D eigenvalue weighted by Gasteiger charge is 2.20. The summed E-state index contributed by atoms with van der Waals surface area (Å²) in [5.74, 6) is -0.518. The molecular formula is C13H26N2O3. The van der Waals surface area contributed by atoms with Crippen molar-refractivity contribution >= 4 is 11.9 Å². The number of amides is 1. The highest BCUT2D eigenvalue weighted by atomic mass is 16.4. The molecule has 0 fully saturated rings. The first kappa shape index (κ1) is 16.9. The Morgan fingerprint density at radius 1 is 1.22 bits per heavy atom. The van der Waals surface area contributed by atoms with Crippen molar-refractivity contribution in [2.75, 3.05) is 6.54 Å².